The maximum Gasteiger partial charge on any atom is 0.389 e. The minimum absolute atomic E-state index is 0.368. The molecule has 2 rings (SSSR count). The fraction of sp³-hybridized carbons (Fsp3) is 0.308. The molecular weight excluding hydrogens is 365 g/mol. The summed E-state index contributed by atoms with van der Waals surface area (Å²) >= 11 is 3.28. The van der Waals surface area contributed by atoms with Crippen molar-refractivity contribution in [3.8, 4) is 5.69 Å². The molecule has 118 valence electrons. The highest BCUT2D eigenvalue weighted by molar-refractivity contribution is 9.10. The number of amides is 1. The second kappa shape index (κ2) is 6.47. The third-order valence-corrected chi connectivity index (χ3v) is 3.20. The van der Waals surface area contributed by atoms with Gasteiger partial charge in [0.25, 0.3) is 0 Å². The highest BCUT2D eigenvalue weighted by Crippen LogP contribution is 2.22. The van der Waals surface area contributed by atoms with E-state index in [9.17, 15) is 18.0 Å². The van der Waals surface area contributed by atoms with Gasteiger partial charge in [-0.1, -0.05) is 0 Å². The number of anilines is 1. The Balaban J connectivity index is 2.09. The molecule has 0 saturated carbocycles. The van der Waals surface area contributed by atoms with E-state index in [-0.39, 0.29) is 0 Å². The molecule has 2 aromatic heterocycles. The van der Waals surface area contributed by atoms with E-state index in [4.69, 9.17) is 0 Å². The predicted molar refractivity (Wildman–Crippen MR) is 77.7 cm³/mol. The average molecular weight is 377 g/mol. The van der Waals surface area contributed by atoms with Crippen LogP contribution in [0.3, 0.4) is 0 Å². The lowest BCUT2D eigenvalue weighted by molar-refractivity contribution is -0.142. The van der Waals surface area contributed by atoms with Crippen LogP contribution >= 0.6 is 15.9 Å². The van der Waals surface area contributed by atoms with Gasteiger partial charge < -0.3 is 5.32 Å². The molecule has 1 amide bonds. The monoisotopic (exact) mass is 376 g/mol. The standard InChI is InChI=1S/C13H12BrF3N4O/c1-8-11(19-12(22)2-3-13(15,16)17)7-21(20-8)10-4-9(14)5-18-6-10/h4-7H,2-3H2,1H3,(H,19,22). The fourth-order valence-corrected chi connectivity index (χ4v) is 2.06. The Morgan fingerprint density at radius 3 is 2.77 bits per heavy atom. The van der Waals surface area contributed by atoms with E-state index in [0.29, 0.717) is 17.1 Å². The number of rotatable bonds is 4. The first-order chi connectivity index (χ1) is 10.2. The lowest BCUT2D eigenvalue weighted by atomic mass is 10.3. The van der Waals surface area contributed by atoms with E-state index in [0.717, 1.165) is 4.47 Å². The number of aromatic nitrogens is 3. The van der Waals surface area contributed by atoms with Crippen molar-refractivity contribution in [2.45, 2.75) is 25.9 Å². The Hall–Kier alpha value is -1.90. The van der Waals surface area contributed by atoms with Crippen LogP contribution < -0.4 is 5.32 Å². The Bertz CT molecular complexity index is 684. The number of aryl methyl sites for hydroxylation is 1. The van der Waals surface area contributed by atoms with Gasteiger partial charge in [-0.2, -0.15) is 18.3 Å². The molecule has 0 aromatic carbocycles. The Morgan fingerprint density at radius 2 is 2.14 bits per heavy atom. The van der Waals surface area contributed by atoms with Gasteiger partial charge in [-0.05, 0) is 28.9 Å². The van der Waals surface area contributed by atoms with Gasteiger partial charge in [0.1, 0.15) is 0 Å². The number of alkyl halides is 3. The second-order valence-electron chi connectivity index (χ2n) is 4.60. The van der Waals surface area contributed by atoms with Crippen LogP contribution in [0.25, 0.3) is 5.69 Å². The van der Waals surface area contributed by atoms with Crippen LogP contribution in [0.5, 0.6) is 0 Å². The van der Waals surface area contributed by atoms with Crippen molar-refractivity contribution in [3.63, 3.8) is 0 Å². The molecule has 0 atom stereocenters. The molecule has 9 heteroatoms. The number of pyridine rings is 1. The van der Waals surface area contributed by atoms with E-state index >= 15 is 0 Å². The zero-order valence-corrected chi connectivity index (χ0v) is 13.1. The molecule has 5 nitrogen and oxygen atoms in total. The first-order valence-electron chi connectivity index (χ1n) is 6.28. The molecule has 2 heterocycles. The summed E-state index contributed by atoms with van der Waals surface area (Å²) in [6.07, 6.45) is -1.40. The zero-order chi connectivity index (χ0) is 16.3. The van der Waals surface area contributed by atoms with Gasteiger partial charge >= 0.3 is 6.18 Å². The van der Waals surface area contributed by atoms with Gasteiger partial charge in [-0.15, -0.1) is 0 Å². The van der Waals surface area contributed by atoms with Crippen molar-refractivity contribution in [1.82, 2.24) is 14.8 Å². The third-order valence-electron chi connectivity index (χ3n) is 2.76. The quantitative estimate of drug-likeness (QED) is 0.886. The van der Waals surface area contributed by atoms with Gasteiger partial charge in [0.15, 0.2) is 0 Å². The van der Waals surface area contributed by atoms with Gasteiger partial charge in [0, 0.05) is 17.1 Å². The van der Waals surface area contributed by atoms with E-state index in [1.165, 1.54) is 10.9 Å². The molecule has 0 fully saturated rings. The van der Waals surface area contributed by atoms with Gasteiger partial charge in [0.2, 0.25) is 5.91 Å². The van der Waals surface area contributed by atoms with Crippen LogP contribution in [0.2, 0.25) is 0 Å². The van der Waals surface area contributed by atoms with Gasteiger partial charge in [0.05, 0.1) is 35.9 Å². The number of halogens is 4. The minimum atomic E-state index is -4.35. The van der Waals surface area contributed by atoms with Gasteiger partial charge in [-0.25, -0.2) is 4.68 Å². The summed E-state index contributed by atoms with van der Waals surface area (Å²) < 4.78 is 38.5. The molecule has 0 aliphatic heterocycles. The van der Waals surface area contributed by atoms with Crippen molar-refractivity contribution in [1.29, 1.82) is 0 Å². The lowest BCUT2D eigenvalue weighted by Crippen LogP contribution is -2.16. The van der Waals surface area contributed by atoms with Gasteiger partial charge in [-0.3, -0.25) is 9.78 Å². The summed E-state index contributed by atoms with van der Waals surface area (Å²) in [5.41, 5.74) is 1.53. The molecule has 0 aliphatic rings. The van der Waals surface area contributed by atoms with Crippen LogP contribution in [-0.2, 0) is 4.79 Å². The van der Waals surface area contributed by atoms with Crippen molar-refractivity contribution < 1.29 is 18.0 Å². The fourth-order valence-electron chi connectivity index (χ4n) is 1.71. The minimum Gasteiger partial charge on any atom is -0.323 e. The van der Waals surface area contributed by atoms with E-state index in [2.05, 4.69) is 31.3 Å². The number of nitrogens with zero attached hydrogens (tertiary/aromatic N) is 3. The summed E-state index contributed by atoms with van der Waals surface area (Å²) in [6.45, 7) is 1.65. The SMILES string of the molecule is Cc1nn(-c2cncc(Br)c2)cc1NC(=O)CCC(F)(F)F. The third kappa shape index (κ3) is 4.55. The number of carbonyl (C=O) groups excluding carboxylic acids is 1. The van der Waals surface area contributed by atoms with Crippen molar-refractivity contribution in [2.24, 2.45) is 0 Å². The molecule has 0 spiro atoms. The Labute approximate surface area is 132 Å². The smallest absolute Gasteiger partial charge is 0.323 e. The van der Waals surface area contributed by atoms with Crippen LogP contribution in [0, 0.1) is 6.92 Å². The number of nitrogens with one attached hydrogen (secondary N) is 1. The van der Waals surface area contributed by atoms with Crippen molar-refractivity contribution in [3.05, 3.63) is 34.8 Å². The maximum atomic E-state index is 12.1. The average Bonchev–Trinajstić information content (AvgIpc) is 2.77. The molecular formula is C13H12BrF3N4O. The molecule has 0 aliphatic carbocycles. The highest BCUT2D eigenvalue weighted by Gasteiger charge is 2.28. The molecule has 0 radical (unpaired) electrons. The van der Waals surface area contributed by atoms with Crippen molar-refractivity contribution in [2.75, 3.05) is 5.32 Å². The van der Waals surface area contributed by atoms with Crippen LogP contribution in [0.1, 0.15) is 18.5 Å². The van der Waals surface area contributed by atoms with Crippen LogP contribution in [-0.4, -0.2) is 26.8 Å². The van der Waals surface area contributed by atoms with Crippen molar-refractivity contribution >= 4 is 27.5 Å². The molecule has 2 aromatic rings. The highest BCUT2D eigenvalue weighted by atomic mass is 79.9. The summed E-state index contributed by atoms with van der Waals surface area (Å²) in [4.78, 5) is 15.5. The molecule has 0 unspecified atom stereocenters. The number of hydrogen-bond donors (Lipinski definition) is 1. The predicted octanol–water partition coefficient (Wildman–Crippen LogP) is 3.62. The zero-order valence-electron chi connectivity index (χ0n) is 11.5. The number of hydrogen-bond acceptors (Lipinski definition) is 3. The topological polar surface area (TPSA) is 59.8 Å². The largest absolute Gasteiger partial charge is 0.389 e. The Morgan fingerprint density at radius 1 is 1.41 bits per heavy atom. The molecule has 22 heavy (non-hydrogen) atoms. The van der Waals surface area contributed by atoms with E-state index in [1.54, 1.807) is 25.4 Å². The number of carbonyl (C=O) groups is 1. The second-order valence-corrected chi connectivity index (χ2v) is 5.51. The summed E-state index contributed by atoms with van der Waals surface area (Å²) in [6, 6.07) is 1.77. The summed E-state index contributed by atoms with van der Waals surface area (Å²) in [7, 11) is 0. The van der Waals surface area contributed by atoms with E-state index in [1.807, 2.05) is 0 Å². The first-order valence-corrected chi connectivity index (χ1v) is 7.08. The molecule has 0 bridgehead atoms. The van der Waals surface area contributed by atoms with Crippen LogP contribution in [0.4, 0.5) is 18.9 Å². The normalized spacial score (nSPS) is 11.5. The van der Waals surface area contributed by atoms with Crippen LogP contribution in [0.15, 0.2) is 29.1 Å². The Kier molecular flexibility index (Phi) is 4.84. The summed E-state index contributed by atoms with van der Waals surface area (Å²) in [5.74, 6) is -0.702. The summed E-state index contributed by atoms with van der Waals surface area (Å²) in [5, 5.41) is 6.64. The maximum absolute atomic E-state index is 12.1. The molecule has 1 N–H and O–H groups in total. The van der Waals surface area contributed by atoms with E-state index < -0.39 is 24.9 Å². The first kappa shape index (κ1) is 16.5. The lowest BCUT2D eigenvalue weighted by Gasteiger charge is -2.06. The molecule has 0 saturated heterocycles.